The Labute approximate surface area is 152 Å². The third kappa shape index (κ3) is 2.14. The average Bonchev–Trinajstić information content (AvgIpc) is 2.72. The first-order chi connectivity index (χ1) is 12.9. The fourth-order valence-corrected chi connectivity index (χ4v) is 3.86. The van der Waals surface area contributed by atoms with E-state index >= 15 is 0 Å². The third-order valence-corrected chi connectivity index (χ3v) is 5.09. The van der Waals surface area contributed by atoms with Crippen molar-refractivity contribution in [1.82, 2.24) is 4.98 Å². The average molecular weight is 331 g/mol. The molecular formula is C25H17N. The van der Waals surface area contributed by atoms with Gasteiger partial charge in [0.25, 0.3) is 0 Å². The smallest absolute Gasteiger partial charge is 0.0792 e. The van der Waals surface area contributed by atoms with Gasteiger partial charge in [-0.3, -0.25) is 4.98 Å². The minimum Gasteiger partial charge on any atom is -0.256 e. The second kappa shape index (κ2) is 5.82. The van der Waals surface area contributed by atoms with Gasteiger partial charge in [-0.25, -0.2) is 0 Å². The van der Waals surface area contributed by atoms with Crippen molar-refractivity contribution in [2.24, 2.45) is 0 Å². The molecule has 5 rings (SSSR count). The molecule has 0 saturated heterocycles. The molecule has 0 spiro atoms. The van der Waals surface area contributed by atoms with Crippen LogP contribution in [0.2, 0.25) is 0 Å². The molecular weight excluding hydrogens is 314 g/mol. The maximum Gasteiger partial charge on any atom is 0.0792 e. The van der Waals surface area contributed by atoms with Crippen LogP contribution in [0.5, 0.6) is 0 Å². The summed E-state index contributed by atoms with van der Waals surface area (Å²) in [5.41, 5.74) is 3.27. The Hall–Kier alpha value is -3.45. The van der Waals surface area contributed by atoms with E-state index in [-0.39, 0.29) is 0 Å². The van der Waals surface area contributed by atoms with Gasteiger partial charge in [-0.05, 0) is 38.6 Å². The van der Waals surface area contributed by atoms with E-state index in [0.29, 0.717) is 0 Å². The van der Waals surface area contributed by atoms with Crippen LogP contribution in [0.4, 0.5) is 0 Å². The lowest BCUT2D eigenvalue weighted by Gasteiger charge is -2.13. The van der Waals surface area contributed by atoms with Crippen molar-refractivity contribution < 1.29 is 0 Å². The highest BCUT2D eigenvalue weighted by Crippen LogP contribution is 2.37. The summed E-state index contributed by atoms with van der Waals surface area (Å²) in [6.45, 7) is 4.03. The highest BCUT2D eigenvalue weighted by Gasteiger charge is 2.13. The number of aromatic nitrogens is 1. The van der Waals surface area contributed by atoms with E-state index in [1.165, 1.54) is 32.3 Å². The summed E-state index contributed by atoms with van der Waals surface area (Å²) in [6, 6.07) is 27.7. The van der Waals surface area contributed by atoms with Crippen LogP contribution >= 0.6 is 0 Å². The van der Waals surface area contributed by atoms with Gasteiger partial charge in [0.1, 0.15) is 0 Å². The van der Waals surface area contributed by atoms with Crippen LogP contribution in [0.15, 0.2) is 91.6 Å². The molecule has 26 heavy (non-hydrogen) atoms. The highest BCUT2D eigenvalue weighted by atomic mass is 14.7. The van der Waals surface area contributed by atoms with Crippen LogP contribution in [0.1, 0.15) is 5.56 Å². The van der Waals surface area contributed by atoms with Crippen molar-refractivity contribution in [2.45, 2.75) is 0 Å². The van der Waals surface area contributed by atoms with E-state index in [2.05, 4.69) is 85.4 Å². The monoisotopic (exact) mass is 331 g/mol. The van der Waals surface area contributed by atoms with Crippen LogP contribution < -0.4 is 0 Å². The van der Waals surface area contributed by atoms with E-state index < -0.39 is 0 Å². The molecule has 5 aromatic rings. The second-order valence-electron chi connectivity index (χ2n) is 6.50. The van der Waals surface area contributed by atoms with Crippen LogP contribution in [0, 0.1) is 0 Å². The van der Waals surface area contributed by atoms with Gasteiger partial charge in [-0.2, -0.15) is 0 Å². The lowest BCUT2D eigenvalue weighted by atomic mass is 9.92. The number of pyridine rings is 1. The number of rotatable bonds is 2. The zero-order chi connectivity index (χ0) is 17.5. The molecule has 1 heteroatoms. The normalized spacial score (nSPS) is 11.2. The summed E-state index contributed by atoms with van der Waals surface area (Å²) in [7, 11) is 0. The molecule has 0 aliphatic carbocycles. The Morgan fingerprint density at radius 1 is 0.615 bits per heavy atom. The van der Waals surface area contributed by atoms with E-state index in [0.717, 1.165) is 16.8 Å². The maximum atomic E-state index is 4.79. The summed E-state index contributed by atoms with van der Waals surface area (Å²) < 4.78 is 0. The first-order valence-electron chi connectivity index (χ1n) is 8.78. The molecule has 4 aromatic carbocycles. The zero-order valence-electron chi connectivity index (χ0n) is 14.3. The third-order valence-electron chi connectivity index (χ3n) is 5.09. The molecule has 1 nitrogen and oxygen atoms in total. The van der Waals surface area contributed by atoms with Crippen molar-refractivity contribution in [3.63, 3.8) is 0 Å². The van der Waals surface area contributed by atoms with Crippen molar-refractivity contribution >= 4 is 38.4 Å². The number of benzene rings is 4. The van der Waals surface area contributed by atoms with Crippen molar-refractivity contribution in [3.05, 3.63) is 97.2 Å². The topological polar surface area (TPSA) is 12.9 Å². The van der Waals surface area contributed by atoms with E-state index in [1.807, 2.05) is 12.3 Å². The summed E-state index contributed by atoms with van der Waals surface area (Å²) in [6.07, 6.45) is 3.84. The summed E-state index contributed by atoms with van der Waals surface area (Å²) >= 11 is 0. The van der Waals surface area contributed by atoms with Crippen molar-refractivity contribution in [2.75, 3.05) is 0 Å². The minimum atomic E-state index is 1.01. The fourth-order valence-electron chi connectivity index (χ4n) is 3.86. The van der Waals surface area contributed by atoms with Crippen LogP contribution in [0.25, 0.3) is 49.7 Å². The Balaban J connectivity index is 1.96. The molecule has 1 heterocycles. The SMILES string of the molecule is C=Cc1ccc2ccccc2c1-c1nccc2c1ccc1ccccc12. The predicted molar refractivity (Wildman–Crippen MR) is 112 cm³/mol. The largest absolute Gasteiger partial charge is 0.256 e. The molecule has 0 saturated carbocycles. The first kappa shape index (κ1) is 14.9. The molecule has 0 N–H and O–H groups in total. The molecule has 0 aliphatic rings. The molecule has 0 atom stereocenters. The maximum absolute atomic E-state index is 4.79. The molecule has 0 amide bonds. The molecule has 0 aliphatic heterocycles. The molecule has 1 aromatic heterocycles. The van der Waals surface area contributed by atoms with Gasteiger partial charge in [0.15, 0.2) is 0 Å². The highest BCUT2D eigenvalue weighted by molar-refractivity contribution is 6.14. The van der Waals surface area contributed by atoms with Gasteiger partial charge >= 0.3 is 0 Å². The number of nitrogens with zero attached hydrogens (tertiary/aromatic N) is 1. The number of hydrogen-bond acceptors (Lipinski definition) is 1. The standard InChI is InChI=1S/C25H17N/c1-2-17-11-12-19-8-4-6-10-21(19)24(17)25-23-14-13-18-7-3-5-9-20(18)22(23)15-16-26-25/h2-16H,1H2. The van der Waals surface area contributed by atoms with Gasteiger partial charge in [-0.1, -0.05) is 85.5 Å². The quantitative estimate of drug-likeness (QED) is 0.322. The van der Waals surface area contributed by atoms with E-state index in [1.54, 1.807) is 0 Å². The lowest BCUT2D eigenvalue weighted by molar-refractivity contribution is 1.36. The fraction of sp³-hybridized carbons (Fsp3) is 0. The minimum absolute atomic E-state index is 1.01. The number of fused-ring (bicyclic) bond motifs is 4. The molecule has 0 unspecified atom stereocenters. The van der Waals surface area contributed by atoms with Crippen molar-refractivity contribution in [3.8, 4) is 11.3 Å². The zero-order valence-corrected chi connectivity index (χ0v) is 14.3. The molecule has 0 fully saturated rings. The molecule has 0 bridgehead atoms. The summed E-state index contributed by atoms with van der Waals surface area (Å²) in [5.74, 6) is 0. The molecule has 122 valence electrons. The van der Waals surface area contributed by atoms with Crippen LogP contribution in [-0.2, 0) is 0 Å². The Bertz CT molecular complexity index is 1300. The van der Waals surface area contributed by atoms with E-state index in [9.17, 15) is 0 Å². The predicted octanol–water partition coefficient (Wildman–Crippen LogP) is 6.85. The Kier molecular flexibility index (Phi) is 3.32. The van der Waals surface area contributed by atoms with Gasteiger partial charge < -0.3 is 0 Å². The van der Waals surface area contributed by atoms with Crippen LogP contribution in [-0.4, -0.2) is 4.98 Å². The Morgan fingerprint density at radius 3 is 2.12 bits per heavy atom. The number of hydrogen-bond donors (Lipinski definition) is 0. The Morgan fingerprint density at radius 2 is 1.31 bits per heavy atom. The van der Waals surface area contributed by atoms with E-state index in [4.69, 9.17) is 4.98 Å². The lowest BCUT2D eigenvalue weighted by Crippen LogP contribution is -1.91. The summed E-state index contributed by atoms with van der Waals surface area (Å²) in [4.78, 5) is 4.79. The van der Waals surface area contributed by atoms with Crippen LogP contribution in [0.3, 0.4) is 0 Å². The van der Waals surface area contributed by atoms with Gasteiger partial charge in [0.05, 0.1) is 5.69 Å². The first-order valence-corrected chi connectivity index (χ1v) is 8.78. The second-order valence-corrected chi connectivity index (χ2v) is 6.50. The van der Waals surface area contributed by atoms with Gasteiger partial charge in [0, 0.05) is 17.1 Å². The van der Waals surface area contributed by atoms with Gasteiger partial charge in [-0.15, -0.1) is 0 Å². The molecule has 0 radical (unpaired) electrons. The summed E-state index contributed by atoms with van der Waals surface area (Å²) in [5, 5.41) is 7.33. The van der Waals surface area contributed by atoms with Gasteiger partial charge in [0.2, 0.25) is 0 Å². The van der Waals surface area contributed by atoms with Crippen molar-refractivity contribution in [1.29, 1.82) is 0 Å².